The van der Waals surface area contributed by atoms with Gasteiger partial charge in [0.05, 0.1) is 5.92 Å². The number of hydrogen-bond donors (Lipinski definition) is 2. The van der Waals surface area contributed by atoms with Gasteiger partial charge in [-0.3, -0.25) is 14.5 Å². The summed E-state index contributed by atoms with van der Waals surface area (Å²) < 4.78 is 0. The SMILES string of the molecule is C[C@@H]1C[C@H](C)CN(C2CC(NC(=O)C3CC3)CCC2C(=O)O)C1. The molecule has 3 unspecified atom stereocenters. The number of piperidine rings is 1. The summed E-state index contributed by atoms with van der Waals surface area (Å²) in [6.45, 7) is 6.49. The molecule has 1 heterocycles. The number of nitrogens with one attached hydrogen (secondary N) is 1. The Kier molecular flexibility index (Phi) is 4.95. The Labute approximate surface area is 138 Å². The number of aliphatic carboxylic acids is 1. The quantitative estimate of drug-likeness (QED) is 0.832. The van der Waals surface area contributed by atoms with Crippen molar-refractivity contribution in [3.63, 3.8) is 0 Å². The zero-order valence-electron chi connectivity index (χ0n) is 14.3. The van der Waals surface area contributed by atoms with Crippen LogP contribution in [0.15, 0.2) is 0 Å². The highest BCUT2D eigenvalue weighted by Crippen LogP contribution is 2.34. The zero-order valence-corrected chi connectivity index (χ0v) is 14.3. The minimum atomic E-state index is -0.673. The van der Waals surface area contributed by atoms with Crippen LogP contribution in [-0.4, -0.2) is 47.1 Å². The van der Waals surface area contributed by atoms with Gasteiger partial charge in [-0.05, 0) is 50.4 Å². The minimum absolute atomic E-state index is 0.0657. The van der Waals surface area contributed by atoms with Crippen molar-refractivity contribution in [1.82, 2.24) is 10.2 Å². The van der Waals surface area contributed by atoms with E-state index in [2.05, 4.69) is 24.1 Å². The van der Waals surface area contributed by atoms with Crippen LogP contribution in [0.4, 0.5) is 0 Å². The lowest BCUT2D eigenvalue weighted by atomic mass is 9.78. The highest BCUT2D eigenvalue weighted by Gasteiger charge is 2.41. The Morgan fingerprint density at radius 1 is 1.00 bits per heavy atom. The number of nitrogens with zero attached hydrogens (tertiary/aromatic N) is 1. The molecule has 0 radical (unpaired) electrons. The molecule has 1 saturated heterocycles. The summed E-state index contributed by atoms with van der Waals surface area (Å²) in [5, 5.41) is 12.8. The van der Waals surface area contributed by atoms with Gasteiger partial charge in [0, 0.05) is 31.1 Å². The molecule has 3 rings (SSSR count). The van der Waals surface area contributed by atoms with E-state index in [9.17, 15) is 14.7 Å². The Bertz CT molecular complexity index is 453. The first kappa shape index (κ1) is 16.7. The van der Waals surface area contributed by atoms with E-state index in [1.54, 1.807) is 0 Å². The predicted octanol–water partition coefficient (Wildman–Crippen LogP) is 2.11. The number of carbonyl (C=O) groups is 2. The lowest BCUT2D eigenvalue weighted by molar-refractivity contribution is -0.146. The fourth-order valence-electron chi connectivity index (χ4n) is 4.62. The molecule has 0 aromatic heterocycles. The summed E-state index contributed by atoms with van der Waals surface area (Å²) in [5.41, 5.74) is 0. The van der Waals surface area contributed by atoms with Crippen molar-refractivity contribution >= 4 is 11.9 Å². The van der Waals surface area contributed by atoms with E-state index in [4.69, 9.17) is 0 Å². The van der Waals surface area contributed by atoms with Gasteiger partial charge in [0.25, 0.3) is 0 Å². The molecule has 0 bridgehead atoms. The smallest absolute Gasteiger partial charge is 0.308 e. The van der Waals surface area contributed by atoms with Crippen molar-refractivity contribution in [1.29, 1.82) is 0 Å². The number of carboxylic acid groups (broad SMARTS) is 1. The molecule has 130 valence electrons. The van der Waals surface area contributed by atoms with E-state index in [0.717, 1.165) is 38.8 Å². The standard InChI is InChI=1S/C18H30N2O3/c1-11-7-12(2)10-20(9-11)16-8-14(5-6-15(16)18(22)23)19-17(21)13-3-4-13/h11-16H,3-10H2,1-2H3,(H,19,21)(H,22,23)/t11-,12+,14?,15?,16?. The van der Waals surface area contributed by atoms with Crippen LogP contribution in [0.2, 0.25) is 0 Å². The van der Waals surface area contributed by atoms with E-state index in [-0.39, 0.29) is 29.8 Å². The van der Waals surface area contributed by atoms with Gasteiger partial charge in [-0.25, -0.2) is 0 Å². The van der Waals surface area contributed by atoms with Crippen molar-refractivity contribution in [2.24, 2.45) is 23.7 Å². The maximum absolute atomic E-state index is 12.0. The second kappa shape index (κ2) is 6.80. The number of rotatable bonds is 4. The summed E-state index contributed by atoms with van der Waals surface area (Å²) in [6, 6.07) is 0.215. The number of amides is 1. The summed E-state index contributed by atoms with van der Waals surface area (Å²) in [5.74, 6) is 0.683. The van der Waals surface area contributed by atoms with Crippen LogP contribution in [0.3, 0.4) is 0 Å². The highest BCUT2D eigenvalue weighted by atomic mass is 16.4. The third-order valence-corrected chi connectivity index (χ3v) is 5.79. The molecule has 0 aromatic rings. The molecule has 1 aliphatic heterocycles. The summed E-state index contributed by atoms with van der Waals surface area (Å²) in [4.78, 5) is 26.1. The molecule has 2 N–H and O–H groups in total. The fourth-order valence-corrected chi connectivity index (χ4v) is 4.62. The summed E-state index contributed by atoms with van der Waals surface area (Å²) in [7, 11) is 0. The average Bonchev–Trinajstić information content (AvgIpc) is 3.30. The average molecular weight is 322 g/mol. The molecule has 5 heteroatoms. The third kappa shape index (κ3) is 4.06. The molecule has 3 aliphatic rings. The summed E-state index contributed by atoms with van der Waals surface area (Å²) in [6.07, 6.45) is 5.51. The van der Waals surface area contributed by atoms with Crippen molar-refractivity contribution in [3.8, 4) is 0 Å². The van der Waals surface area contributed by atoms with Crippen LogP contribution in [-0.2, 0) is 9.59 Å². The van der Waals surface area contributed by atoms with Gasteiger partial charge in [-0.1, -0.05) is 13.8 Å². The second-order valence-electron chi connectivity index (χ2n) is 8.20. The molecule has 0 spiro atoms. The van der Waals surface area contributed by atoms with Gasteiger partial charge in [-0.2, -0.15) is 0 Å². The molecular formula is C18H30N2O3. The number of likely N-dealkylation sites (tertiary alicyclic amines) is 1. The van der Waals surface area contributed by atoms with Crippen molar-refractivity contribution in [2.45, 2.75) is 64.5 Å². The topological polar surface area (TPSA) is 69.6 Å². The molecule has 3 fully saturated rings. The first-order valence-electron chi connectivity index (χ1n) is 9.21. The molecule has 5 atom stereocenters. The number of hydrogen-bond acceptors (Lipinski definition) is 3. The second-order valence-corrected chi connectivity index (χ2v) is 8.20. The monoisotopic (exact) mass is 322 g/mol. The van der Waals surface area contributed by atoms with Crippen molar-refractivity contribution in [2.75, 3.05) is 13.1 Å². The van der Waals surface area contributed by atoms with Gasteiger partial charge in [0.1, 0.15) is 0 Å². The molecular weight excluding hydrogens is 292 g/mol. The molecule has 2 saturated carbocycles. The maximum Gasteiger partial charge on any atom is 0.308 e. The minimum Gasteiger partial charge on any atom is -0.481 e. The molecule has 0 aromatic carbocycles. The Morgan fingerprint density at radius 3 is 2.22 bits per heavy atom. The normalized spacial score (nSPS) is 39.0. The van der Waals surface area contributed by atoms with E-state index < -0.39 is 5.97 Å². The van der Waals surface area contributed by atoms with Gasteiger partial charge in [0.2, 0.25) is 5.91 Å². The molecule has 5 nitrogen and oxygen atoms in total. The first-order valence-corrected chi connectivity index (χ1v) is 9.21. The number of carbonyl (C=O) groups excluding carboxylic acids is 1. The van der Waals surface area contributed by atoms with E-state index in [0.29, 0.717) is 18.3 Å². The largest absolute Gasteiger partial charge is 0.481 e. The van der Waals surface area contributed by atoms with Gasteiger partial charge in [-0.15, -0.1) is 0 Å². The van der Waals surface area contributed by atoms with Crippen molar-refractivity contribution in [3.05, 3.63) is 0 Å². The number of carboxylic acids is 1. The van der Waals surface area contributed by atoms with E-state index >= 15 is 0 Å². The van der Waals surface area contributed by atoms with Crippen LogP contribution in [0, 0.1) is 23.7 Å². The first-order chi connectivity index (χ1) is 10.9. The zero-order chi connectivity index (χ0) is 16.6. The van der Waals surface area contributed by atoms with Gasteiger partial charge >= 0.3 is 5.97 Å². The van der Waals surface area contributed by atoms with Crippen LogP contribution in [0.1, 0.15) is 52.4 Å². The predicted molar refractivity (Wildman–Crippen MR) is 87.9 cm³/mol. The van der Waals surface area contributed by atoms with E-state index in [1.165, 1.54) is 6.42 Å². The lowest BCUT2D eigenvalue weighted by Crippen LogP contribution is -2.55. The lowest BCUT2D eigenvalue weighted by Gasteiger charge is -2.45. The van der Waals surface area contributed by atoms with Crippen LogP contribution in [0.25, 0.3) is 0 Å². The van der Waals surface area contributed by atoms with Crippen LogP contribution < -0.4 is 5.32 Å². The Balaban J connectivity index is 1.66. The molecule has 1 amide bonds. The van der Waals surface area contributed by atoms with Crippen LogP contribution in [0.5, 0.6) is 0 Å². The Hall–Kier alpha value is -1.10. The highest BCUT2D eigenvalue weighted by molar-refractivity contribution is 5.81. The third-order valence-electron chi connectivity index (χ3n) is 5.79. The molecule has 23 heavy (non-hydrogen) atoms. The van der Waals surface area contributed by atoms with E-state index in [1.807, 2.05) is 0 Å². The maximum atomic E-state index is 12.0. The fraction of sp³-hybridized carbons (Fsp3) is 0.889. The summed E-state index contributed by atoms with van der Waals surface area (Å²) >= 11 is 0. The Morgan fingerprint density at radius 2 is 1.65 bits per heavy atom. The molecule has 2 aliphatic carbocycles. The van der Waals surface area contributed by atoms with Gasteiger partial charge < -0.3 is 10.4 Å². The van der Waals surface area contributed by atoms with Crippen molar-refractivity contribution < 1.29 is 14.7 Å². The van der Waals surface area contributed by atoms with Crippen LogP contribution >= 0.6 is 0 Å². The van der Waals surface area contributed by atoms with Gasteiger partial charge in [0.15, 0.2) is 0 Å².